The van der Waals surface area contributed by atoms with Gasteiger partial charge in [-0.3, -0.25) is 10.7 Å². The zero-order valence-corrected chi connectivity index (χ0v) is 5.47. The lowest BCUT2D eigenvalue weighted by Crippen LogP contribution is -2.00. The van der Waals surface area contributed by atoms with Crippen molar-refractivity contribution in [3.05, 3.63) is 18.6 Å². The first kappa shape index (κ1) is 6.05. The minimum Gasteiger partial charge on any atom is -0.290 e. The fourth-order valence-corrected chi connectivity index (χ4v) is 0.823. The van der Waals surface area contributed by atoms with Crippen LogP contribution in [0.25, 0.3) is 5.78 Å². The summed E-state index contributed by atoms with van der Waals surface area (Å²) in [7, 11) is 0. The fourth-order valence-electron chi connectivity index (χ4n) is 0.823. The Labute approximate surface area is 61.5 Å². The van der Waals surface area contributed by atoms with Gasteiger partial charge in [0.05, 0.1) is 0 Å². The molecule has 0 spiro atoms. The highest BCUT2D eigenvalue weighted by Gasteiger charge is 1.99. The molecule has 6 heteroatoms. The SMILES string of the molecule is ONc1ccnc2ncnn12. The monoisotopic (exact) mass is 151 g/mol. The Morgan fingerprint density at radius 3 is 3.18 bits per heavy atom. The molecule has 0 unspecified atom stereocenters. The van der Waals surface area contributed by atoms with Gasteiger partial charge >= 0.3 is 0 Å². The van der Waals surface area contributed by atoms with Crippen LogP contribution in [-0.2, 0) is 0 Å². The predicted octanol–water partition coefficient (Wildman–Crippen LogP) is -0.0746. The van der Waals surface area contributed by atoms with Gasteiger partial charge in [-0.2, -0.15) is 14.6 Å². The number of nitrogens with zero attached hydrogens (tertiary/aromatic N) is 4. The van der Waals surface area contributed by atoms with Crippen molar-refractivity contribution in [2.45, 2.75) is 0 Å². The van der Waals surface area contributed by atoms with Crippen LogP contribution in [-0.4, -0.2) is 24.8 Å². The Balaban J connectivity index is 2.79. The van der Waals surface area contributed by atoms with Gasteiger partial charge in [0.25, 0.3) is 5.78 Å². The second-order valence-electron chi connectivity index (χ2n) is 1.91. The van der Waals surface area contributed by atoms with Crippen LogP contribution in [0.5, 0.6) is 0 Å². The van der Waals surface area contributed by atoms with Crippen LogP contribution in [0.4, 0.5) is 5.82 Å². The Bertz CT molecular complexity index is 370. The molecule has 2 aromatic rings. The van der Waals surface area contributed by atoms with Gasteiger partial charge < -0.3 is 0 Å². The molecule has 11 heavy (non-hydrogen) atoms. The maximum absolute atomic E-state index is 8.59. The minimum atomic E-state index is 0.438. The summed E-state index contributed by atoms with van der Waals surface area (Å²) in [5, 5.41) is 12.4. The smallest absolute Gasteiger partial charge is 0.254 e. The lowest BCUT2D eigenvalue weighted by atomic mass is 10.6. The van der Waals surface area contributed by atoms with Crippen molar-refractivity contribution in [2.24, 2.45) is 0 Å². The Hall–Kier alpha value is -1.69. The highest BCUT2D eigenvalue weighted by Crippen LogP contribution is 2.03. The zero-order chi connectivity index (χ0) is 7.68. The number of hydrogen-bond donors (Lipinski definition) is 2. The van der Waals surface area contributed by atoms with Crippen LogP contribution in [0.3, 0.4) is 0 Å². The molecule has 2 rings (SSSR count). The molecular formula is C5H5N5O. The molecule has 0 fully saturated rings. The predicted molar refractivity (Wildman–Crippen MR) is 36.2 cm³/mol. The van der Waals surface area contributed by atoms with E-state index in [2.05, 4.69) is 15.1 Å². The molecule has 0 aliphatic carbocycles. The van der Waals surface area contributed by atoms with Gasteiger partial charge in [0, 0.05) is 12.3 Å². The van der Waals surface area contributed by atoms with Crippen molar-refractivity contribution in [3.8, 4) is 0 Å². The summed E-state index contributed by atoms with van der Waals surface area (Å²) in [4.78, 5) is 7.70. The fraction of sp³-hybridized carbons (Fsp3) is 0. The molecule has 6 nitrogen and oxygen atoms in total. The highest BCUT2D eigenvalue weighted by molar-refractivity contribution is 5.39. The summed E-state index contributed by atoms with van der Waals surface area (Å²) < 4.78 is 1.39. The number of fused-ring (bicyclic) bond motifs is 1. The van der Waals surface area contributed by atoms with E-state index >= 15 is 0 Å². The van der Waals surface area contributed by atoms with Crippen molar-refractivity contribution in [1.29, 1.82) is 0 Å². The van der Waals surface area contributed by atoms with Crippen LogP contribution < -0.4 is 5.48 Å². The number of hydrogen-bond acceptors (Lipinski definition) is 5. The summed E-state index contributed by atoms with van der Waals surface area (Å²) in [6.45, 7) is 0. The maximum atomic E-state index is 8.59. The molecule has 0 amide bonds. The van der Waals surface area contributed by atoms with Crippen molar-refractivity contribution in [1.82, 2.24) is 19.6 Å². The molecule has 2 aromatic heterocycles. The summed E-state index contributed by atoms with van der Waals surface area (Å²) in [5.41, 5.74) is 1.98. The number of anilines is 1. The molecular weight excluding hydrogens is 146 g/mol. The van der Waals surface area contributed by atoms with E-state index in [9.17, 15) is 0 Å². The topological polar surface area (TPSA) is 75.3 Å². The van der Waals surface area contributed by atoms with Crippen molar-refractivity contribution < 1.29 is 5.21 Å². The highest BCUT2D eigenvalue weighted by atomic mass is 16.5. The van der Waals surface area contributed by atoms with E-state index in [4.69, 9.17) is 5.21 Å². The number of aromatic nitrogens is 4. The Kier molecular flexibility index (Phi) is 1.19. The molecule has 0 aliphatic heterocycles. The van der Waals surface area contributed by atoms with Crippen LogP contribution in [0.1, 0.15) is 0 Å². The first-order valence-corrected chi connectivity index (χ1v) is 2.96. The average Bonchev–Trinajstić information content (AvgIpc) is 2.50. The van der Waals surface area contributed by atoms with Crippen LogP contribution >= 0.6 is 0 Å². The molecule has 0 saturated heterocycles. The second-order valence-corrected chi connectivity index (χ2v) is 1.91. The van der Waals surface area contributed by atoms with Crippen LogP contribution in [0.15, 0.2) is 18.6 Å². The molecule has 0 bridgehead atoms. The summed E-state index contributed by atoms with van der Waals surface area (Å²) in [5.74, 6) is 0.886. The number of nitrogens with one attached hydrogen (secondary N) is 1. The van der Waals surface area contributed by atoms with Crippen LogP contribution in [0, 0.1) is 0 Å². The third-order valence-corrected chi connectivity index (χ3v) is 1.29. The maximum Gasteiger partial charge on any atom is 0.254 e. The van der Waals surface area contributed by atoms with E-state index in [1.54, 1.807) is 6.07 Å². The van der Waals surface area contributed by atoms with E-state index in [0.29, 0.717) is 11.6 Å². The minimum absolute atomic E-state index is 0.438. The van der Waals surface area contributed by atoms with Crippen LogP contribution in [0.2, 0.25) is 0 Å². The van der Waals surface area contributed by atoms with E-state index in [1.165, 1.54) is 17.0 Å². The molecule has 2 heterocycles. The zero-order valence-electron chi connectivity index (χ0n) is 5.47. The van der Waals surface area contributed by atoms with E-state index < -0.39 is 0 Å². The van der Waals surface area contributed by atoms with Gasteiger partial charge in [-0.1, -0.05) is 0 Å². The Morgan fingerprint density at radius 1 is 1.45 bits per heavy atom. The van der Waals surface area contributed by atoms with Gasteiger partial charge in [0.2, 0.25) is 0 Å². The molecule has 2 N–H and O–H groups in total. The third-order valence-electron chi connectivity index (χ3n) is 1.29. The molecule has 0 radical (unpaired) electrons. The standard InChI is InChI=1S/C5H5N5O/c11-9-4-1-2-6-5-7-3-8-10(4)5/h1-3,9,11H. The summed E-state index contributed by atoms with van der Waals surface area (Å²) in [6.07, 6.45) is 2.89. The van der Waals surface area contributed by atoms with Crippen molar-refractivity contribution in [3.63, 3.8) is 0 Å². The van der Waals surface area contributed by atoms with Crippen molar-refractivity contribution in [2.75, 3.05) is 5.48 Å². The second kappa shape index (κ2) is 2.17. The molecule has 0 aromatic carbocycles. The summed E-state index contributed by atoms with van der Waals surface area (Å²) in [6, 6.07) is 1.58. The quantitative estimate of drug-likeness (QED) is 0.558. The lowest BCUT2D eigenvalue weighted by molar-refractivity contribution is 0.383. The van der Waals surface area contributed by atoms with Gasteiger partial charge in [0.1, 0.15) is 6.33 Å². The van der Waals surface area contributed by atoms with E-state index in [1.807, 2.05) is 5.48 Å². The first-order valence-electron chi connectivity index (χ1n) is 2.96. The Morgan fingerprint density at radius 2 is 2.36 bits per heavy atom. The van der Waals surface area contributed by atoms with E-state index in [0.717, 1.165) is 0 Å². The molecule has 0 saturated carbocycles. The first-order chi connectivity index (χ1) is 5.42. The van der Waals surface area contributed by atoms with Gasteiger partial charge in [-0.15, -0.1) is 0 Å². The molecule has 0 aliphatic rings. The van der Waals surface area contributed by atoms with Gasteiger partial charge in [0.15, 0.2) is 5.82 Å². The number of rotatable bonds is 1. The molecule has 56 valence electrons. The van der Waals surface area contributed by atoms with Gasteiger partial charge in [-0.05, 0) is 0 Å². The van der Waals surface area contributed by atoms with Crippen molar-refractivity contribution >= 4 is 11.6 Å². The van der Waals surface area contributed by atoms with Gasteiger partial charge in [-0.25, -0.2) is 4.98 Å². The normalized spacial score (nSPS) is 10.3. The largest absolute Gasteiger partial charge is 0.290 e. The van der Waals surface area contributed by atoms with E-state index in [-0.39, 0.29) is 0 Å². The lowest BCUT2D eigenvalue weighted by Gasteiger charge is -1.98. The summed E-state index contributed by atoms with van der Waals surface area (Å²) >= 11 is 0. The third kappa shape index (κ3) is 0.802. The average molecular weight is 151 g/mol. The molecule has 0 atom stereocenters.